The van der Waals surface area contributed by atoms with Crippen molar-refractivity contribution in [3.63, 3.8) is 0 Å². The van der Waals surface area contributed by atoms with Gasteiger partial charge in [0.15, 0.2) is 0 Å². The van der Waals surface area contributed by atoms with Crippen LogP contribution in [0.25, 0.3) is 11.0 Å². The molecule has 2 aliphatic heterocycles. The van der Waals surface area contributed by atoms with Crippen LogP contribution in [0.5, 0.6) is 0 Å². The third kappa shape index (κ3) is 2.65. The first-order chi connectivity index (χ1) is 11.2. The van der Waals surface area contributed by atoms with E-state index >= 15 is 0 Å². The summed E-state index contributed by atoms with van der Waals surface area (Å²) in [6, 6.07) is 4.11. The van der Waals surface area contributed by atoms with Gasteiger partial charge in [-0.3, -0.25) is 4.90 Å². The number of pyridine rings is 1. The molecule has 124 valence electrons. The Hall–Kier alpha value is -1.48. The smallest absolute Gasteiger partial charge is 0.245 e. The number of fused-ring (bicyclic) bond motifs is 1. The van der Waals surface area contributed by atoms with Crippen LogP contribution in [-0.4, -0.2) is 72.9 Å². The minimum Gasteiger partial charge on any atom is -0.345 e. The number of nitrogens with zero attached hydrogens (tertiary/aromatic N) is 3. The summed E-state index contributed by atoms with van der Waals surface area (Å²) in [6.45, 7) is 4.77. The summed E-state index contributed by atoms with van der Waals surface area (Å²) >= 11 is 0. The van der Waals surface area contributed by atoms with Gasteiger partial charge in [-0.2, -0.15) is 4.31 Å². The van der Waals surface area contributed by atoms with E-state index in [1.54, 1.807) is 28.8 Å². The minimum atomic E-state index is -3.47. The molecule has 8 heteroatoms. The van der Waals surface area contributed by atoms with Gasteiger partial charge in [-0.05, 0) is 25.1 Å². The van der Waals surface area contributed by atoms with Gasteiger partial charge in [0.1, 0.15) is 10.5 Å². The molecule has 7 nitrogen and oxygen atoms in total. The molecule has 4 rings (SSSR count). The van der Waals surface area contributed by atoms with E-state index < -0.39 is 10.0 Å². The number of piperazine rings is 1. The van der Waals surface area contributed by atoms with Crippen LogP contribution in [0.4, 0.5) is 0 Å². The van der Waals surface area contributed by atoms with Crippen molar-refractivity contribution in [2.24, 2.45) is 0 Å². The van der Waals surface area contributed by atoms with Gasteiger partial charge >= 0.3 is 0 Å². The lowest BCUT2D eigenvalue weighted by Crippen LogP contribution is -2.52. The first-order valence-corrected chi connectivity index (χ1v) is 9.47. The highest BCUT2D eigenvalue weighted by molar-refractivity contribution is 7.89. The number of nitrogens with one attached hydrogen (secondary N) is 2. The number of sulfonamides is 1. The highest BCUT2D eigenvalue weighted by Crippen LogP contribution is 2.25. The van der Waals surface area contributed by atoms with E-state index in [1.807, 2.05) is 0 Å². The molecule has 2 aromatic heterocycles. The van der Waals surface area contributed by atoms with Crippen LogP contribution in [0, 0.1) is 0 Å². The fourth-order valence-electron chi connectivity index (χ4n) is 3.54. The Morgan fingerprint density at radius 2 is 2.04 bits per heavy atom. The fraction of sp³-hybridized carbons (Fsp3) is 0.533. The summed E-state index contributed by atoms with van der Waals surface area (Å²) in [5.74, 6) is 0. The van der Waals surface area contributed by atoms with Crippen molar-refractivity contribution in [1.82, 2.24) is 24.5 Å². The molecule has 2 saturated heterocycles. The first-order valence-electron chi connectivity index (χ1n) is 8.03. The highest BCUT2D eigenvalue weighted by Gasteiger charge is 2.33. The van der Waals surface area contributed by atoms with E-state index in [1.165, 1.54) is 0 Å². The molecule has 0 amide bonds. The normalized spacial score (nSPS) is 24.4. The van der Waals surface area contributed by atoms with Crippen LogP contribution < -0.4 is 5.32 Å². The first kappa shape index (κ1) is 15.1. The zero-order valence-electron chi connectivity index (χ0n) is 12.9. The maximum absolute atomic E-state index is 12.9. The van der Waals surface area contributed by atoms with Crippen LogP contribution in [0.1, 0.15) is 6.42 Å². The van der Waals surface area contributed by atoms with Crippen molar-refractivity contribution in [2.75, 3.05) is 39.3 Å². The predicted molar refractivity (Wildman–Crippen MR) is 87.7 cm³/mol. The fourth-order valence-corrected chi connectivity index (χ4v) is 5.12. The second kappa shape index (κ2) is 5.86. The number of rotatable bonds is 3. The third-order valence-corrected chi connectivity index (χ3v) is 6.79. The molecule has 2 N–H and O–H groups in total. The zero-order chi connectivity index (χ0) is 15.9. The third-order valence-electron chi connectivity index (χ3n) is 4.85. The summed E-state index contributed by atoms with van der Waals surface area (Å²) in [7, 11) is -3.47. The van der Waals surface area contributed by atoms with Gasteiger partial charge in [0, 0.05) is 56.5 Å². The maximum atomic E-state index is 12.9. The molecule has 0 spiro atoms. The lowest BCUT2D eigenvalue weighted by atomic mass is 10.2. The molecular formula is C15H21N5O2S. The highest BCUT2D eigenvalue weighted by atomic mass is 32.2. The molecule has 4 heterocycles. The van der Waals surface area contributed by atoms with E-state index in [4.69, 9.17) is 0 Å². The van der Waals surface area contributed by atoms with E-state index in [2.05, 4.69) is 20.2 Å². The molecule has 0 aliphatic carbocycles. The van der Waals surface area contributed by atoms with Gasteiger partial charge in [-0.15, -0.1) is 0 Å². The van der Waals surface area contributed by atoms with Crippen molar-refractivity contribution in [2.45, 2.75) is 17.4 Å². The molecule has 23 heavy (non-hydrogen) atoms. The van der Waals surface area contributed by atoms with Crippen molar-refractivity contribution in [3.05, 3.63) is 24.5 Å². The standard InChI is InChI=1S/C15H21N5O2S/c21-23(22,14-11-18-15-13(14)2-1-4-17-15)20-8-6-19(7-9-20)12-3-5-16-10-12/h1-2,4,11-12,16H,3,5-10H2,(H,17,18). The Labute approximate surface area is 135 Å². The van der Waals surface area contributed by atoms with Gasteiger partial charge in [-0.25, -0.2) is 13.4 Å². The van der Waals surface area contributed by atoms with Crippen molar-refractivity contribution < 1.29 is 8.42 Å². The number of H-pyrrole nitrogens is 1. The summed E-state index contributed by atoms with van der Waals surface area (Å²) in [6.07, 6.45) is 4.37. The molecule has 2 fully saturated rings. The monoisotopic (exact) mass is 335 g/mol. The molecule has 2 aliphatic rings. The lowest BCUT2D eigenvalue weighted by Gasteiger charge is -2.37. The number of hydrogen-bond acceptors (Lipinski definition) is 5. The average molecular weight is 335 g/mol. The molecule has 0 radical (unpaired) electrons. The summed E-state index contributed by atoms with van der Waals surface area (Å²) in [5, 5.41) is 4.03. The quantitative estimate of drug-likeness (QED) is 0.839. The molecule has 1 unspecified atom stereocenters. The zero-order valence-corrected chi connectivity index (χ0v) is 13.7. The van der Waals surface area contributed by atoms with Gasteiger partial charge in [0.05, 0.1) is 0 Å². The summed E-state index contributed by atoms with van der Waals surface area (Å²) < 4.78 is 27.5. The Kier molecular flexibility index (Phi) is 3.84. The molecule has 2 aromatic rings. The van der Waals surface area contributed by atoms with E-state index in [0.29, 0.717) is 35.1 Å². The second-order valence-electron chi connectivity index (χ2n) is 6.14. The number of aromatic amines is 1. The van der Waals surface area contributed by atoms with Crippen molar-refractivity contribution in [1.29, 1.82) is 0 Å². The van der Waals surface area contributed by atoms with Gasteiger partial charge in [0.25, 0.3) is 0 Å². The average Bonchev–Trinajstić information content (AvgIpc) is 3.25. The van der Waals surface area contributed by atoms with Crippen LogP contribution in [0.2, 0.25) is 0 Å². The van der Waals surface area contributed by atoms with Crippen LogP contribution in [0.3, 0.4) is 0 Å². The molecule has 0 bridgehead atoms. The van der Waals surface area contributed by atoms with Gasteiger partial charge in [0.2, 0.25) is 10.0 Å². The van der Waals surface area contributed by atoms with Crippen molar-refractivity contribution in [3.8, 4) is 0 Å². The molecular weight excluding hydrogens is 314 g/mol. The van der Waals surface area contributed by atoms with E-state index in [0.717, 1.165) is 32.6 Å². The van der Waals surface area contributed by atoms with Crippen molar-refractivity contribution >= 4 is 21.1 Å². The van der Waals surface area contributed by atoms with Gasteiger partial charge < -0.3 is 10.3 Å². The van der Waals surface area contributed by atoms with E-state index in [9.17, 15) is 8.42 Å². The predicted octanol–water partition coefficient (Wildman–Crippen LogP) is 0.231. The minimum absolute atomic E-state index is 0.330. The molecule has 0 saturated carbocycles. The molecule has 0 aromatic carbocycles. The van der Waals surface area contributed by atoms with Crippen LogP contribution in [-0.2, 0) is 10.0 Å². The summed E-state index contributed by atoms with van der Waals surface area (Å²) in [4.78, 5) is 9.86. The van der Waals surface area contributed by atoms with E-state index in [-0.39, 0.29) is 0 Å². The Bertz CT molecular complexity index is 789. The largest absolute Gasteiger partial charge is 0.345 e. The van der Waals surface area contributed by atoms with Crippen LogP contribution in [0.15, 0.2) is 29.4 Å². The topological polar surface area (TPSA) is 81.3 Å². The Morgan fingerprint density at radius 1 is 1.22 bits per heavy atom. The Morgan fingerprint density at radius 3 is 2.78 bits per heavy atom. The van der Waals surface area contributed by atoms with Gasteiger partial charge in [-0.1, -0.05) is 0 Å². The summed E-state index contributed by atoms with van der Waals surface area (Å²) in [5.41, 5.74) is 0.613. The lowest BCUT2D eigenvalue weighted by molar-refractivity contribution is 0.145. The SMILES string of the molecule is O=S(=O)(c1c[nH]c2ncccc12)N1CCN(C2CCNC2)CC1. The maximum Gasteiger partial charge on any atom is 0.245 e. The van der Waals surface area contributed by atoms with Crippen LogP contribution >= 0.6 is 0 Å². The number of hydrogen-bond donors (Lipinski definition) is 2. The Balaban J connectivity index is 1.53. The molecule has 1 atom stereocenters. The second-order valence-corrected chi connectivity index (χ2v) is 8.05. The number of aromatic nitrogens is 2.